The van der Waals surface area contributed by atoms with Crippen LogP contribution in [0.4, 0.5) is 11.5 Å². The first-order chi connectivity index (χ1) is 12.0. The molecular formula is C16H15N3O6. The zero-order chi connectivity index (χ0) is 18.2. The number of hydrogen-bond acceptors (Lipinski definition) is 7. The van der Waals surface area contributed by atoms with E-state index >= 15 is 0 Å². The maximum absolute atomic E-state index is 11.9. The smallest absolute Gasteiger partial charge is 0.338 e. The number of nitrogens with zero attached hydrogens (tertiary/aromatic N) is 2. The minimum atomic E-state index is -0.600. The van der Waals surface area contributed by atoms with Crippen molar-refractivity contribution in [2.75, 3.05) is 18.5 Å². The summed E-state index contributed by atoms with van der Waals surface area (Å²) in [6, 6.07) is 8.54. The third-order valence-electron chi connectivity index (χ3n) is 2.96. The van der Waals surface area contributed by atoms with Gasteiger partial charge in [-0.3, -0.25) is 14.9 Å². The number of amides is 1. The van der Waals surface area contributed by atoms with Crippen molar-refractivity contribution in [2.24, 2.45) is 0 Å². The van der Waals surface area contributed by atoms with Crippen LogP contribution in [-0.2, 0) is 9.53 Å². The summed E-state index contributed by atoms with van der Waals surface area (Å²) >= 11 is 0. The molecule has 0 saturated carbocycles. The molecule has 0 saturated heterocycles. The van der Waals surface area contributed by atoms with Crippen LogP contribution in [0.25, 0.3) is 0 Å². The maximum atomic E-state index is 11.9. The molecule has 1 aromatic heterocycles. The number of para-hydroxylation sites is 2. The van der Waals surface area contributed by atoms with E-state index in [1.165, 1.54) is 36.5 Å². The highest BCUT2D eigenvalue weighted by molar-refractivity contribution is 5.94. The monoisotopic (exact) mass is 345 g/mol. The number of rotatable bonds is 7. The highest BCUT2D eigenvalue weighted by Gasteiger charge is 2.15. The normalized spacial score (nSPS) is 9.96. The van der Waals surface area contributed by atoms with Gasteiger partial charge in [0.25, 0.3) is 5.91 Å². The van der Waals surface area contributed by atoms with Gasteiger partial charge in [0, 0.05) is 12.3 Å². The van der Waals surface area contributed by atoms with E-state index in [9.17, 15) is 19.7 Å². The van der Waals surface area contributed by atoms with E-state index in [-0.39, 0.29) is 29.4 Å². The number of hydrogen-bond donors (Lipinski definition) is 1. The molecule has 2 aromatic rings. The summed E-state index contributed by atoms with van der Waals surface area (Å²) < 4.78 is 10.0. The lowest BCUT2D eigenvalue weighted by Gasteiger charge is -2.08. The molecule has 0 bridgehead atoms. The second-order valence-electron chi connectivity index (χ2n) is 4.71. The van der Waals surface area contributed by atoms with Gasteiger partial charge < -0.3 is 14.8 Å². The number of pyridine rings is 1. The van der Waals surface area contributed by atoms with Crippen molar-refractivity contribution in [1.82, 2.24) is 4.98 Å². The minimum absolute atomic E-state index is 0.0177. The van der Waals surface area contributed by atoms with Gasteiger partial charge in [0.2, 0.25) is 0 Å². The van der Waals surface area contributed by atoms with Crippen molar-refractivity contribution in [2.45, 2.75) is 6.92 Å². The summed E-state index contributed by atoms with van der Waals surface area (Å²) in [6.07, 6.45) is 1.35. The Hall–Kier alpha value is -3.49. The standard InChI is InChI=1S/C16H15N3O6/c1-2-24-16(21)11-7-8-17-14(9-11)18-15(20)10-25-13-6-4-3-5-12(13)19(22)23/h3-9H,2,10H2,1H3,(H,17,18,20). The molecule has 25 heavy (non-hydrogen) atoms. The third kappa shape index (κ3) is 4.99. The molecule has 2 rings (SSSR count). The van der Waals surface area contributed by atoms with Crippen molar-refractivity contribution in [3.63, 3.8) is 0 Å². The second kappa shape index (κ2) is 8.39. The summed E-state index contributed by atoms with van der Waals surface area (Å²) in [5, 5.41) is 13.3. The molecule has 9 heteroatoms. The Balaban J connectivity index is 1.98. The lowest BCUT2D eigenvalue weighted by molar-refractivity contribution is -0.385. The topological polar surface area (TPSA) is 121 Å². The van der Waals surface area contributed by atoms with Gasteiger partial charge in [-0.25, -0.2) is 9.78 Å². The Morgan fingerprint density at radius 1 is 1.28 bits per heavy atom. The largest absolute Gasteiger partial charge is 0.477 e. The SMILES string of the molecule is CCOC(=O)c1ccnc(NC(=O)COc2ccccc2[N+](=O)[O-])c1. The highest BCUT2D eigenvalue weighted by Crippen LogP contribution is 2.25. The Kier molecular flexibility index (Phi) is 5.99. The van der Waals surface area contributed by atoms with Crippen molar-refractivity contribution >= 4 is 23.4 Å². The number of benzene rings is 1. The van der Waals surface area contributed by atoms with Crippen LogP contribution in [0.2, 0.25) is 0 Å². The number of carbonyl (C=O) groups is 2. The lowest BCUT2D eigenvalue weighted by atomic mass is 10.2. The van der Waals surface area contributed by atoms with Gasteiger partial charge in [-0.1, -0.05) is 12.1 Å². The van der Waals surface area contributed by atoms with Gasteiger partial charge in [-0.2, -0.15) is 0 Å². The van der Waals surface area contributed by atoms with E-state index in [0.29, 0.717) is 0 Å². The van der Waals surface area contributed by atoms with Crippen molar-refractivity contribution in [3.8, 4) is 5.75 Å². The average molecular weight is 345 g/mol. The molecule has 1 N–H and O–H groups in total. The Morgan fingerprint density at radius 2 is 2.04 bits per heavy atom. The van der Waals surface area contributed by atoms with Gasteiger partial charge >= 0.3 is 11.7 Å². The molecular weight excluding hydrogens is 330 g/mol. The lowest BCUT2D eigenvalue weighted by Crippen LogP contribution is -2.21. The predicted molar refractivity (Wildman–Crippen MR) is 87.4 cm³/mol. The summed E-state index contributed by atoms with van der Waals surface area (Å²) in [6.45, 7) is 1.46. The van der Waals surface area contributed by atoms with E-state index in [4.69, 9.17) is 9.47 Å². The molecule has 1 heterocycles. The number of nitro benzene ring substituents is 1. The van der Waals surface area contributed by atoms with Crippen molar-refractivity contribution in [1.29, 1.82) is 0 Å². The van der Waals surface area contributed by atoms with Crippen LogP contribution in [0.5, 0.6) is 5.75 Å². The first-order valence-electron chi connectivity index (χ1n) is 7.30. The van der Waals surface area contributed by atoms with Gasteiger partial charge in [0.05, 0.1) is 17.1 Å². The zero-order valence-electron chi connectivity index (χ0n) is 13.3. The number of esters is 1. The fourth-order valence-corrected chi connectivity index (χ4v) is 1.89. The Labute approximate surface area is 142 Å². The van der Waals surface area contributed by atoms with Gasteiger partial charge in [-0.15, -0.1) is 0 Å². The number of carbonyl (C=O) groups excluding carboxylic acids is 2. The molecule has 130 valence electrons. The molecule has 9 nitrogen and oxygen atoms in total. The van der Waals surface area contributed by atoms with E-state index in [0.717, 1.165) is 0 Å². The molecule has 0 spiro atoms. The van der Waals surface area contributed by atoms with Crippen molar-refractivity contribution < 1.29 is 24.0 Å². The van der Waals surface area contributed by atoms with Crippen LogP contribution < -0.4 is 10.1 Å². The number of anilines is 1. The van der Waals surface area contributed by atoms with Gasteiger partial charge in [-0.05, 0) is 25.1 Å². The third-order valence-corrected chi connectivity index (χ3v) is 2.96. The van der Waals surface area contributed by atoms with Crippen LogP contribution in [0.15, 0.2) is 42.6 Å². The summed E-state index contributed by atoms with van der Waals surface area (Å²) in [5.74, 6) is -0.985. The quantitative estimate of drug-likeness (QED) is 0.464. The number of nitrogens with one attached hydrogen (secondary N) is 1. The Bertz CT molecular complexity index is 793. The summed E-state index contributed by atoms with van der Waals surface area (Å²) in [5.41, 5.74) is 0.00417. The van der Waals surface area contributed by atoms with Crippen LogP contribution in [-0.4, -0.2) is 35.0 Å². The maximum Gasteiger partial charge on any atom is 0.338 e. The highest BCUT2D eigenvalue weighted by atomic mass is 16.6. The first kappa shape index (κ1) is 17.9. The molecule has 1 amide bonds. The van der Waals surface area contributed by atoms with E-state index in [1.54, 1.807) is 13.0 Å². The minimum Gasteiger partial charge on any atom is -0.477 e. The molecule has 0 unspecified atom stereocenters. The van der Waals surface area contributed by atoms with Crippen molar-refractivity contribution in [3.05, 3.63) is 58.3 Å². The van der Waals surface area contributed by atoms with Crippen LogP contribution >= 0.6 is 0 Å². The summed E-state index contributed by atoms with van der Waals surface area (Å²) in [4.78, 5) is 37.8. The Morgan fingerprint density at radius 3 is 2.76 bits per heavy atom. The van der Waals surface area contributed by atoms with Crippen LogP contribution in [0.1, 0.15) is 17.3 Å². The summed E-state index contributed by atoms with van der Waals surface area (Å²) in [7, 11) is 0. The van der Waals surface area contributed by atoms with Gasteiger partial charge in [0.15, 0.2) is 12.4 Å². The van der Waals surface area contributed by atoms with Gasteiger partial charge in [0.1, 0.15) is 5.82 Å². The molecule has 0 aliphatic carbocycles. The van der Waals surface area contributed by atoms with Crippen LogP contribution in [0.3, 0.4) is 0 Å². The molecule has 0 aliphatic rings. The number of ether oxygens (including phenoxy) is 2. The zero-order valence-corrected chi connectivity index (χ0v) is 13.3. The van der Waals surface area contributed by atoms with E-state index in [2.05, 4.69) is 10.3 Å². The molecule has 0 atom stereocenters. The van der Waals surface area contributed by atoms with E-state index < -0.39 is 23.4 Å². The number of aromatic nitrogens is 1. The fourth-order valence-electron chi connectivity index (χ4n) is 1.89. The molecule has 0 aliphatic heterocycles. The van der Waals surface area contributed by atoms with E-state index in [1.807, 2.05) is 0 Å². The average Bonchev–Trinajstić information content (AvgIpc) is 2.60. The molecule has 1 aromatic carbocycles. The first-order valence-corrected chi connectivity index (χ1v) is 7.30. The predicted octanol–water partition coefficient (Wildman–Crippen LogP) is 2.18. The molecule has 0 radical (unpaired) electrons. The van der Waals surface area contributed by atoms with Crippen LogP contribution in [0, 0.1) is 10.1 Å². The molecule has 0 fully saturated rings. The second-order valence-corrected chi connectivity index (χ2v) is 4.71. The fraction of sp³-hybridized carbons (Fsp3) is 0.188. The number of nitro groups is 1.